The van der Waals surface area contributed by atoms with Crippen molar-refractivity contribution in [3.05, 3.63) is 82.2 Å². The third-order valence-corrected chi connectivity index (χ3v) is 5.88. The van der Waals surface area contributed by atoms with Gasteiger partial charge in [0, 0.05) is 34.9 Å². The van der Waals surface area contributed by atoms with Crippen molar-refractivity contribution in [2.45, 2.75) is 39.0 Å². The van der Waals surface area contributed by atoms with E-state index in [4.69, 9.17) is 4.74 Å². The number of rotatable bonds is 4. The number of ketones is 1. The maximum Gasteiger partial charge on any atom is 0.254 e. The minimum absolute atomic E-state index is 0.118. The van der Waals surface area contributed by atoms with Gasteiger partial charge < -0.3 is 15.4 Å². The number of anilines is 1. The van der Waals surface area contributed by atoms with Gasteiger partial charge in [0.05, 0.1) is 12.8 Å². The van der Waals surface area contributed by atoms with Crippen LogP contribution in [0, 0.1) is 6.92 Å². The summed E-state index contributed by atoms with van der Waals surface area (Å²) in [5.74, 6) is 0.0914. The molecule has 0 unspecified atom stereocenters. The maximum absolute atomic E-state index is 13.5. The summed E-state index contributed by atoms with van der Waals surface area (Å²) in [7, 11) is 1.57. The smallest absolute Gasteiger partial charge is 0.254 e. The Morgan fingerprint density at radius 1 is 1.07 bits per heavy atom. The predicted octanol–water partition coefficient (Wildman–Crippen LogP) is 4.61. The molecule has 5 heteroatoms. The van der Waals surface area contributed by atoms with Gasteiger partial charge in [-0.2, -0.15) is 0 Å². The van der Waals surface area contributed by atoms with E-state index in [-0.39, 0.29) is 17.6 Å². The number of dihydropyridines is 1. The van der Waals surface area contributed by atoms with Gasteiger partial charge in [-0.25, -0.2) is 0 Å². The first-order valence-electron chi connectivity index (χ1n) is 10.2. The van der Waals surface area contributed by atoms with E-state index >= 15 is 0 Å². The van der Waals surface area contributed by atoms with E-state index in [1.807, 2.05) is 56.3 Å². The lowest BCUT2D eigenvalue weighted by molar-refractivity contribution is -0.116. The van der Waals surface area contributed by atoms with Gasteiger partial charge >= 0.3 is 0 Å². The number of allylic oxidation sites excluding steroid dienone is 3. The number of hydrogen-bond acceptors (Lipinski definition) is 4. The third kappa shape index (κ3) is 3.52. The van der Waals surface area contributed by atoms with E-state index in [1.165, 1.54) is 0 Å². The molecule has 1 amide bonds. The first kappa shape index (κ1) is 20.0. The summed E-state index contributed by atoms with van der Waals surface area (Å²) in [6.45, 7) is 3.93. The van der Waals surface area contributed by atoms with Crippen LogP contribution in [-0.4, -0.2) is 18.8 Å². The van der Waals surface area contributed by atoms with Gasteiger partial charge in [-0.1, -0.05) is 36.4 Å². The number of amides is 1. The highest BCUT2D eigenvalue weighted by molar-refractivity contribution is 6.10. The van der Waals surface area contributed by atoms with Gasteiger partial charge in [0.15, 0.2) is 5.78 Å². The van der Waals surface area contributed by atoms with Crippen molar-refractivity contribution in [2.24, 2.45) is 0 Å². The lowest BCUT2D eigenvalue weighted by Gasteiger charge is -2.35. The summed E-state index contributed by atoms with van der Waals surface area (Å²) in [6.07, 6.45) is 2.17. The monoisotopic (exact) mass is 402 g/mol. The second kappa shape index (κ2) is 8.19. The Bertz CT molecular complexity index is 1080. The van der Waals surface area contributed by atoms with Crippen molar-refractivity contribution < 1.29 is 14.3 Å². The highest BCUT2D eigenvalue weighted by Crippen LogP contribution is 2.43. The van der Waals surface area contributed by atoms with Gasteiger partial charge in [-0.15, -0.1) is 0 Å². The fourth-order valence-electron chi connectivity index (χ4n) is 4.44. The summed E-state index contributed by atoms with van der Waals surface area (Å²) in [6, 6.07) is 15.3. The Kier molecular flexibility index (Phi) is 5.44. The molecule has 0 fully saturated rings. The number of ether oxygens (including phenoxy) is 1. The van der Waals surface area contributed by atoms with Crippen LogP contribution in [0.3, 0.4) is 0 Å². The zero-order valence-corrected chi connectivity index (χ0v) is 17.5. The van der Waals surface area contributed by atoms with E-state index in [1.54, 1.807) is 13.2 Å². The molecule has 0 spiro atoms. The highest BCUT2D eigenvalue weighted by atomic mass is 16.5. The Morgan fingerprint density at radius 2 is 1.80 bits per heavy atom. The zero-order chi connectivity index (χ0) is 21.3. The molecule has 0 saturated carbocycles. The molecule has 30 heavy (non-hydrogen) atoms. The first-order valence-corrected chi connectivity index (χ1v) is 10.2. The lowest BCUT2D eigenvalue weighted by Crippen LogP contribution is -2.35. The summed E-state index contributed by atoms with van der Waals surface area (Å²) < 4.78 is 5.38. The number of nitrogens with one attached hydrogen (secondary N) is 2. The normalized spacial score (nSPS) is 18.6. The molecule has 0 radical (unpaired) electrons. The van der Waals surface area contributed by atoms with Crippen LogP contribution in [0.5, 0.6) is 5.75 Å². The average Bonchev–Trinajstić information content (AvgIpc) is 2.73. The van der Waals surface area contributed by atoms with Crippen LogP contribution in [0.15, 0.2) is 71.1 Å². The van der Waals surface area contributed by atoms with Crippen LogP contribution in [0.1, 0.15) is 43.2 Å². The van der Waals surface area contributed by atoms with Gasteiger partial charge in [0.25, 0.3) is 5.91 Å². The molecule has 1 atom stereocenters. The summed E-state index contributed by atoms with van der Waals surface area (Å²) in [5.41, 5.74) is 5.69. The molecule has 2 N–H and O–H groups in total. The van der Waals surface area contributed by atoms with Gasteiger partial charge in [-0.3, -0.25) is 9.59 Å². The average molecular weight is 402 g/mol. The zero-order valence-electron chi connectivity index (χ0n) is 17.5. The van der Waals surface area contributed by atoms with Crippen LogP contribution >= 0.6 is 0 Å². The SMILES string of the molecule is COc1ccccc1NC(=O)C1=C(C)NC2=C(C(=O)CCC2)[C@H]1c1ccccc1C. The molecule has 1 heterocycles. The van der Waals surface area contributed by atoms with E-state index in [2.05, 4.69) is 10.6 Å². The van der Waals surface area contributed by atoms with Crippen LogP contribution in [-0.2, 0) is 9.59 Å². The molecule has 4 rings (SSSR count). The van der Waals surface area contributed by atoms with E-state index in [0.717, 1.165) is 40.9 Å². The summed E-state index contributed by atoms with van der Waals surface area (Å²) >= 11 is 0. The first-order chi connectivity index (χ1) is 14.5. The molecule has 2 aromatic rings. The number of aryl methyl sites for hydroxylation is 1. The van der Waals surface area contributed by atoms with Crippen molar-refractivity contribution in [3.63, 3.8) is 0 Å². The van der Waals surface area contributed by atoms with Crippen molar-refractivity contribution in [1.29, 1.82) is 0 Å². The molecule has 154 valence electrons. The molecule has 0 aromatic heterocycles. The molecule has 1 aliphatic heterocycles. The Morgan fingerprint density at radius 3 is 2.57 bits per heavy atom. The molecular weight excluding hydrogens is 376 g/mol. The minimum atomic E-state index is -0.384. The number of methoxy groups -OCH3 is 1. The Hall–Kier alpha value is -3.34. The number of carbonyl (C=O) groups is 2. The van der Waals surface area contributed by atoms with E-state index in [9.17, 15) is 9.59 Å². The molecule has 5 nitrogen and oxygen atoms in total. The number of Topliss-reactive ketones (excluding diaryl/α,β-unsaturated/α-hetero) is 1. The van der Waals surface area contributed by atoms with Gasteiger partial charge in [-0.05, 0) is 49.9 Å². The standard InChI is InChI=1S/C25H26N2O3/c1-15-9-4-5-10-17(15)23-22(16(2)26-19-12-8-13-20(28)24(19)23)25(29)27-18-11-6-7-14-21(18)30-3/h4-7,9-11,14,23,26H,8,12-13H2,1-3H3,(H,27,29)/t23-/m0/s1. The molecular formula is C25H26N2O3. The molecule has 1 aliphatic carbocycles. The highest BCUT2D eigenvalue weighted by Gasteiger charge is 2.39. The largest absolute Gasteiger partial charge is 0.495 e. The fraction of sp³-hybridized carbons (Fsp3) is 0.280. The summed E-state index contributed by atoms with van der Waals surface area (Å²) in [4.78, 5) is 26.5. The van der Waals surface area contributed by atoms with Gasteiger partial charge in [0.2, 0.25) is 0 Å². The minimum Gasteiger partial charge on any atom is -0.495 e. The fourth-order valence-corrected chi connectivity index (χ4v) is 4.44. The van der Waals surface area contributed by atoms with Crippen molar-refractivity contribution >= 4 is 17.4 Å². The topological polar surface area (TPSA) is 67.4 Å². The molecule has 2 aliphatic rings. The van der Waals surface area contributed by atoms with Crippen molar-refractivity contribution in [2.75, 3.05) is 12.4 Å². The van der Waals surface area contributed by atoms with Crippen LogP contribution in [0.25, 0.3) is 0 Å². The van der Waals surface area contributed by atoms with E-state index in [0.29, 0.717) is 23.4 Å². The molecule has 0 saturated heterocycles. The third-order valence-electron chi connectivity index (χ3n) is 5.88. The lowest BCUT2D eigenvalue weighted by atomic mass is 9.74. The molecule has 2 aromatic carbocycles. The van der Waals surface area contributed by atoms with Crippen LogP contribution < -0.4 is 15.4 Å². The quantitative estimate of drug-likeness (QED) is 0.784. The second-order valence-corrected chi connectivity index (χ2v) is 7.78. The Labute approximate surface area is 176 Å². The number of hydrogen-bond donors (Lipinski definition) is 2. The maximum atomic E-state index is 13.5. The number of benzene rings is 2. The Balaban J connectivity index is 1.81. The second-order valence-electron chi connectivity index (χ2n) is 7.78. The van der Waals surface area contributed by atoms with Crippen LogP contribution in [0.2, 0.25) is 0 Å². The predicted molar refractivity (Wildman–Crippen MR) is 117 cm³/mol. The number of para-hydroxylation sites is 2. The summed E-state index contributed by atoms with van der Waals surface area (Å²) in [5, 5.41) is 6.36. The van der Waals surface area contributed by atoms with Crippen molar-refractivity contribution in [3.8, 4) is 5.75 Å². The molecule has 0 bridgehead atoms. The number of carbonyl (C=O) groups excluding carboxylic acids is 2. The van der Waals surface area contributed by atoms with Crippen LogP contribution in [0.4, 0.5) is 5.69 Å². The van der Waals surface area contributed by atoms with E-state index < -0.39 is 0 Å². The van der Waals surface area contributed by atoms with Gasteiger partial charge in [0.1, 0.15) is 5.75 Å². The van der Waals surface area contributed by atoms with Crippen molar-refractivity contribution in [1.82, 2.24) is 5.32 Å².